The maximum atomic E-state index is 12.0. The Morgan fingerprint density at radius 2 is 2.00 bits per heavy atom. The maximum Gasteiger partial charge on any atom is 0.227 e. The second-order valence-electron chi connectivity index (χ2n) is 5.41. The second-order valence-corrected chi connectivity index (χ2v) is 6.32. The summed E-state index contributed by atoms with van der Waals surface area (Å²) in [6.07, 6.45) is 1.89. The average molecular weight is 361 g/mol. The largest absolute Gasteiger partial charge is 0.487 e. The van der Waals surface area contributed by atoms with E-state index in [4.69, 9.17) is 10.5 Å². The van der Waals surface area contributed by atoms with Crippen molar-refractivity contribution in [1.29, 1.82) is 0 Å². The van der Waals surface area contributed by atoms with Gasteiger partial charge in [-0.15, -0.1) is 0 Å². The molecule has 3 N–H and O–H groups in total. The van der Waals surface area contributed by atoms with Crippen LogP contribution in [0.2, 0.25) is 0 Å². The van der Waals surface area contributed by atoms with Crippen molar-refractivity contribution in [3.05, 3.63) is 52.5 Å². The Bertz CT molecular complexity index is 685. The summed E-state index contributed by atoms with van der Waals surface area (Å²) in [6.45, 7) is 0.420. The first kappa shape index (κ1) is 14.9. The molecule has 0 saturated heterocycles. The number of amides is 1. The molecule has 4 nitrogen and oxygen atoms in total. The van der Waals surface area contributed by atoms with E-state index in [9.17, 15) is 4.79 Å². The van der Waals surface area contributed by atoms with Gasteiger partial charge in [0, 0.05) is 10.4 Å². The first-order chi connectivity index (χ1) is 10.6. The fourth-order valence-corrected chi connectivity index (χ4v) is 2.61. The molecule has 0 aromatic heterocycles. The van der Waals surface area contributed by atoms with Crippen LogP contribution in [0, 0.1) is 5.92 Å². The van der Waals surface area contributed by atoms with Gasteiger partial charge in [-0.25, -0.2) is 0 Å². The van der Waals surface area contributed by atoms with Crippen LogP contribution >= 0.6 is 15.9 Å². The molecule has 0 atom stereocenters. The van der Waals surface area contributed by atoms with Crippen LogP contribution < -0.4 is 15.8 Å². The summed E-state index contributed by atoms with van der Waals surface area (Å²) in [6, 6.07) is 13.4. The third-order valence-corrected chi connectivity index (χ3v) is 3.99. The van der Waals surface area contributed by atoms with E-state index < -0.39 is 0 Å². The number of rotatable bonds is 5. The van der Waals surface area contributed by atoms with Crippen LogP contribution in [0.5, 0.6) is 5.75 Å². The summed E-state index contributed by atoms with van der Waals surface area (Å²) in [4.78, 5) is 12.0. The molecule has 1 fully saturated rings. The first-order valence-corrected chi connectivity index (χ1v) is 7.99. The molecule has 5 heteroatoms. The van der Waals surface area contributed by atoms with Crippen molar-refractivity contribution in [3.8, 4) is 5.75 Å². The third kappa shape index (κ3) is 3.60. The van der Waals surface area contributed by atoms with E-state index in [0.29, 0.717) is 23.7 Å². The fraction of sp³-hybridized carbons (Fsp3) is 0.235. The number of nitrogens with one attached hydrogen (secondary N) is 1. The standard InChI is InChI=1S/C17H17BrN2O2/c18-13-8-14(19)16(20-17(21)12-6-7-12)15(9-13)22-10-11-4-2-1-3-5-11/h1-5,8-9,12H,6-7,10,19H2,(H,20,21). The van der Waals surface area contributed by atoms with Crippen LogP contribution in [0.4, 0.5) is 11.4 Å². The maximum absolute atomic E-state index is 12.0. The van der Waals surface area contributed by atoms with Gasteiger partial charge in [0.15, 0.2) is 0 Å². The minimum atomic E-state index is 0.0126. The van der Waals surface area contributed by atoms with Crippen LogP contribution in [0.25, 0.3) is 0 Å². The number of nitrogens with two attached hydrogens (primary N) is 1. The van der Waals surface area contributed by atoms with Crippen LogP contribution in [0.3, 0.4) is 0 Å². The number of carbonyl (C=O) groups excluding carboxylic acids is 1. The number of benzene rings is 2. The lowest BCUT2D eigenvalue weighted by Crippen LogP contribution is -2.15. The monoisotopic (exact) mass is 360 g/mol. The minimum absolute atomic E-state index is 0.0126. The summed E-state index contributed by atoms with van der Waals surface area (Å²) in [7, 11) is 0. The Hall–Kier alpha value is -2.01. The number of nitrogen functional groups attached to an aromatic ring is 1. The van der Waals surface area contributed by atoms with E-state index in [0.717, 1.165) is 22.9 Å². The van der Waals surface area contributed by atoms with Crippen LogP contribution in [0.1, 0.15) is 18.4 Å². The van der Waals surface area contributed by atoms with E-state index in [-0.39, 0.29) is 11.8 Å². The highest BCUT2D eigenvalue weighted by atomic mass is 79.9. The summed E-state index contributed by atoms with van der Waals surface area (Å²) >= 11 is 3.41. The van der Waals surface area contributed by atoms with Crippen molar-refractivity contribution in [2.75, 3.05) is 11.1 Å². The van der Waals surface area contributed by atoms with Crippen molar-refractivity contribution >= 4 is 33.2 Å². The molecule has 1 aliphatic rings. The third-order valence-electron chi connectivity index (χ3n) is 3.53. The van der Waals surface area contributed by atoms with Gasteiger partial charge in [-0.2, -0.15) is 0 Å². The second kappa shape index (κ2) is 6.40. The Morgan fingerprint density at radius 3 is 2.68 bits per heavy atom. The highest BCUT2D eigenvalue weighted by Crippen LogP contribution is 2.37. The molecule has 0 bridgehead atoms. The normalized spacial score (nSPS) is 13.7. The molecule has 1 aliphatic carbocycles. The Balaban J connectivity index is 1.80. The Kier molecular flexibility index (Phi) is 4.34. The molecule has 114 valence electrons. The summed E-state index contributed by atoms with van der Waals surface area (Å²) in [5, 5.41) is 2.89. The first-order valence-electron chi connectivity index (χ1n) is 7.20. The van der Waals surface area contributed by atoms with Gasteiger partial charge in [-0.1, -0.05) is 46.3 Å². The SMILES string of the molecule is Nc1cc(Br)cc(OCc2ccccc2)c1NC(=O)C1CC1. The van der Waals surface area contributed by atoms with Crippen molar-refractivity contribution in [1.82, 2.24) is 0 Å². The van der Waals surface area contributed by atoms with Crippen molar-refractivity contribution < 1.29 is 9.53 Å². The lowest BCUT2D eigenvalue weighted by Gasteiger charge is -2.15. The van der Waals surface area contributed by atoms with Gasteiger partial charge < -0.3 is 15.8 Å². The molecule has 2 aromatic carbocycles. The molecule has 2 aromatic rings. The molecule has 0 heterocycles. The zero-order chi connectivity index (χ0) is 15.5. The fourth-order valence-electron chi connectivity index (χ4n) is 2.16. The Morgan fingerprint density at radius 1 is 1.27 bits per heavy atom. The number of anilines is 2. The van der Waals surface area contributed by atoms with Gasteiger partial charge in [0.25, 0.3) is 0 Å². The molecular weight excluding hydrogens is 344 g/mol. The smallest absolute Gasteiger partial charge is 0.227 e. The van der Waals surface area contributed by atoms with Crippen LogP contribution in [0.15, 0.2) is 46.9 Å². The molecule has 0 radical (unpaired) electrons. The van der Waals surface area contributed by atoms with Gasteiger partial charge in [0.1, 0.15) is 18.0 Å². The van der Waals surface area contributed by atoms with Gasteiger partial charge in [-0.05, 0) is 30.5 Å². The van der Waals surface area contributed by atoms with Gasteiger partial charge in [-0.3, -0.25) is 4.79 Å². The number of carbonyl (C=O) groups is 1. The molecule has 22 heavy (non-hydrogen) atoms. The van der Waals surface area contributed by atoms with Gasteiger partial charge in [0.05, 0.1) is 5.69 Å². The van der Waals surface area contributed by atoms with Crippen LogP contribution in [-0.4, -0.2) is 5.91 Å². The van der Waals surface area contributed by atoms with E-state index >= 15 is 0 Å². The Labute approximate surface area is 137 Å². The van der Waals surface area contributed by atoms with Crippen molar-refractivity contribution in [2.24, 2.45) is 5.92 Å². The highest BCUT2D eigenvalue weighted by Gasteiger charge is 2.30. The predicted molar refractivity (Wildman–Crippen MR) is 90.7 cm³/mol. The number of hydrogen-bond donors (Lipinski definition) is 2. The molecule has 1 amide bonds. The number of halogens is 1. The predicted octanol–water partition coefficient (Wildman–Crippen LogP) is 3.96. The van der Waals surface area contributed by atoms with Gasteiger partial charge >= 0.3 is 0 Å². The molecule has 0 aliphatic heterocycles. The van der Waals surface area contributed by atoms with Gasteiger partial charge in [0.2, 0.25) is 5.91 Å². The molecule has 1 saturated carbocycles. The highest BCUT2D eigenvalue weighted by molar-refractivity contribution is 9.10. The van der Waals surface area contributed by atoms with E-state index in [2.05, 4.69) is 21.2 Å². The van der Waals surface area contributed by atoms with E-state index in [1.54, 1.807) is 6.07 Å². The summed E-state index contributed by atoms with van der Waals surface area (Å²) < 4.78 is 6.68. The summed E-state index contributed by atoms with van der Waals surface area (Å²) in [5.41, 5.74) is 8.14. The lowest BCUT2D eigenvalue weighted by molar-refractivity contribution is -0.117. The van der Waals surface area contributed by atoms with E-state index in [1.807, 2.05) is 36.4 Å². The topological polar surface area (TPSA) is 64.3 Å². The molecule has 0 spiro atoms. The molecule has 0 unspecified atom stereocenters. The quantitative estimate of drug-likeness (QED) is 0.793. The zero-order valence-electron chi connectivity index (χ0n) is 12.0. The lowest BCUT2D eigenvalue weighted by atomic mass is 10.2. The molecular formula is C17H17BrN2O2. The minimum Gasteiger partial charge on any atom is -0.487 e. The van der Waals surface area contributed by atoms with Crippen molar-refractivity contribution in [3.63, 3.8) is 0 Å². The van der Waals surface area contributed by atoms with Crippen molar-refractivity contribution in [2.45, 2.75) is 19.4 Å². The number of hydrogen-bond acceptors (Lipinski definition) is 3. The summed E-state index contributed by atoms with van der Waals surface area (Å²) in [5.74, 6) is 0.702. The zero-order valence-corrected chi connectivity index (χ0v) is 13.6. The van der Waals surface area contributed by atoms with E-state index in [1.165, 1.54) is 0 Å². The molecule has 3 rings (SSSR count). The van der Waals surface area contributed by atoms with Crippen LogP contribution in [-0.2, 0) is 11.4 Å². The average Bonchev–Trinajstić information content (AvgIpc) is 3.34. The number of ether oxygens (including phenoxy) is 1.